The zero-order valence-electron chi connectivity index (χ0n) is 24.8. The minimum absolute atomic E-state index is 0.0604. The molecule has 0 spiro atoms. The van der Waals surface area contributed by atoms with E-state index in [1.165, 1.54) is 11.3 Å². The fourth-order valence-corrected chi connectivity index (χ4v) is 4.97. The first-order chi connectivity index (χ1) is 20.0. The number of nitrogens with one attached hydrogen (secondary N) is 2. The second kappa shape index (κ2) is 16.2. The molecule has 2 N–H and O–H groups in total. The first-order valence-corrected chi connectivity index (χ1v) is 15.0. The number of rotatable bonds is 13. The molecule has 1 saturated heterocycles. The molecule has 3 amide bonds. The number of pyridine rings is 1. The van der Waals surface area contributed by atoms with Crippen molar-refractivity contribution in [2.24, 2.45) is 0 Å². The molecule has 0 saturated carbocycles. The molecular weight excluding hydrogens is 562 g/mol. The molecule has 3 heterocycles. The van der Waals surface area contributed by atoms with Gasteiger partial charge in [0.2, 0.25) is 0 Å². The highest BCUT2D eigenvalue weighted by molar-refractivity contribution is 7.08. The Balaban J connectivity index is 1.59. The highest BCUT2D eigenvalue weighted by Gasteiger charge is 2.20. The monoisotopic (exact) mass is 603 g/mol. The summed E-state index contributed by atoms with van der Waals surface area (Å²) in [5.74, 6) is -0.708. The normalized spacial score (nSPS) is 13.7. The third-order valence-corrected chi connectivity index (χ3v) is 6.99. The van der Waals surface area contributed by atoms with Crippen molar-refractivity contribution < 1.29 is 33.4 Å². The van der Waals surface area contributed by atoms with Crippen LogP contribution in [-0.4, -0.2) is 96.8 Å². The summed E-state index contributed by atoms with van der Waals surface area (Å²) < 4.78 is 15.6. The molecule has 0 aromatic carbocycles. The van der Waals surface area contributed by atoms with E-state index >= 15 is 0 Å². The first-order valence-electron chi connectivity index (χ1n) is 14.1. The van der Waals surface area contributed by atoms with Crippen LogP contribution in [0, 0.1) is 0 Å². The summed E-state index contributed by atoms with van der Waals surface area (Å²) in [7, 11) is 0. The standard InChI is InChI=1S/C29H41N5O7S/c1-5-40-26(36)17-31-27(37)34(10-6-9-33-11-13-39-14-12-33)18-21-7-8-23(30-16-21)25(35)15-22-19-42-20-24(22)32-28(38)41-29(2,3)4/h7-8,16,19-20H,5-6,9-15,17-18H2,1-4H3,(H,31,37)(H,32,38). The maximum absolute atomic E-state index is 13.0. The van der Waals surface area contributed by atoms with Crippen molar-refractivity contribution in [2.75, 3.05) is 57.9 Å². The van der Waals surface area contributed by atoms with Crippen LogP contribution in [0.2, 0.25) is 0 Å². The summed E-state index contributed by atoms with van der Waals surface area (Å²) in [5, 5.41) is 8.89. The molecular formula is C29H41N5O7S. The number of nitrogens with zero attached hydrogens (tertiary/aromatic N) is 3. The van der Waals surface area contributed by atoms with Crippen molar-refractivity contribution >= 4 is 40.9 Å². The Kier molecular flexibility index (Phi) is 12.7. The van der Waals surface area contributed by atoms with E-state index in [9.17, 15) is 19.2 Å². The number of urea groups is 1. The molecule has 0 radical (unpaired) electrons. The van der Waals surface area contributed by atoms with Gasteiger partial charge in [0.25, 0.3) is 0 Å². The van der Waals surface area contributed by atoms with E-state index in [-0.39, 0.29) is 43.6 Å². The number of thiophene rings is 1. The average molecular weight is 604 g/mol. The molecule has 1 fully saturated rings. The molecule has 1 aliphatic rings. The number of aromatic nitrogens is 1. The molecule has 42 heavy (non-hydrogen) atoms. The van der Waals surface area contributed by atoms with Crippen molar-refractivity contribution in [2.45, 2.75) is 52.7 Å². The van der Waals surface area contributed by atoms with Gasteiger partial charge in [-0.2, -0.15) is 0 Å². The number of anilines is 1. The topological polar surface area (TPSA) is 139 Å². The van der Waals surface area contributed by atoms with Crippen molar-refractivity contribution in [1.82, 2.24) is 20.1 Å². The van der Waals surface area contributed by atoms with Crippen LogP contribution in [0.5, 0.6) is 0 Å². The minimum atomic E-state index is -0.637. The van der Waals surface area contributed by atoms with Gasteiger partial charge in [0, 0.05) is 50.7 Å². The molecule has 13 heteroatoms. The van der Waals surface area contributed by atoms with Gasteiger partial charge in [0.1, 0.15) is 17.8 Å². The molecule has 2 aromatic heterocycles. The van der Waals surface area contributed by atoms with Crippen molar-refractivity contribution in [3.63, 3.8) is 0 Å². The lowest BCUT2D eigenvalue weighted by Gasteiger charge is -2.28. The van der Waals surface area contributed by atoms with E-state index in [1.54, 1.807) is 56.3 Å². The lowest BCUT2D eigenvalue weighted by Crippen LogP contribution is -2.43. The van der Waals surface area contributed by atoms with E-state index in [2.05, 4.69) is 20.5 Å². The van der Waals surface area contributed by atoms with Gasteiger partial charge in [-0.25, -0.2) is 9.59 Å². The summed E-state index contributed by atoms with van der Waals surface area (Å²) in [6, 6.07) is 3.02. The zero-order chi connectivity index (χ0) is 30.5. The Bertz CT molecular complexity index is 1190. The van der Waals surface area contributed by atoms with E-state index in [1.807, 2.05) is 5.38 Å². The van der Waals surface area contributed by atoms with Crippen LogP contribution in [0.1, 0.15) is 55.7 Å². The lowest BCUT2D eigenvalue weighted by atomic mass is 10.1. The number of carbonyl (C=O) groups is 4. The number of carbonyl (C=O) groups excluding carboxylic acids is 4. The van der Waals surface area contributed by atoms with Gasteiger partial charge < -0.3 is 24.4 Å². The highest BCUT2D eigenvalue weighted by Crippen LogP contribution is 2.23. The number of hydrogen-bond donors (Lipinski definition) is 2. The third kappa shape index (κ3) is 11.4. The van der Waals surface area contributed by atoms with Crippen LogP contribution in [0.4, 0.5) is 15.3 Å². The summed E-state index contributed by atoms with van der Waals surface area (Å²) in [6.07, 6.45) is 1.80. The van der Waals surface area contributed by atoms with Crippen LogP contribution < -0.4 is 10.6 Å². The maximum atomic E-state index is 13.0. The Morgan fingerprint density at radius 1 is 1.14 bits per heavy atom. The molecule has 2 aromatic rings. The van der Waals surface area contributed by atoms with E-state index in [0.29, 0.717) is 31.0 Å². The van der Waals surface area contributed by atoms with Crippen molar-refractivity contribution in [3.8, 4) is 0 Å². The van der Waals surface area contributed by atoms with Gasteiger partial charge >= 0.3 is 18.1 Å². The number of amides is 3. The number of ketones is 1. The Morgan fingerprint density at radius 2 is 1.90 bits per heavy atom. The molecule has 12 nitrogen and oxygen atoms in total. The molecule has 0 unspecified atom stereocenters. The summed E-state index contributed by atoms with van der Waals surface area (Å²) in [6.45, 7) is 11.7. The third-order valence-electron chi connectivity index (χ3n) is 6.20. The maximum Gasteiger partial charge on any atom is 0.412 e. The number of Topliss-reactive ketones (excluding diaryl/α,β-unsaturated/α-hetero) is 1. The number of morpholine rings is 1. The van der Waals surface area contributed by atoms with Crippen molar-refractivity contribution in [1.29, 1.82) is 0 Å². The van der Waals surface area contributed by atoms with Gasteiger partial charge in [-0.05, 0) is 56.7 Å². The second-order valence-corrected chi connectivity index (χ2v) is 11.5. The van der Waals surface area contributed by atoms with Crippen molar-refractivity contribution in [3.05, 3.63) is 45.9 Å². The van der Waals surface area contributed by atoms with E-state index in [0.717, 1.165) is 31.6 Å². The summed E-state index contributed by atoms with van der Waals surface area (Å²) in [4.78, 5) is 58.1. The van der Waals surface area contributed by atoms with E-state index in [4.69, 9.17) is 14.2 Å². The van der Waals surface area contributed by atoms with Crippen LogP contribution >= 0.6 is 11.3 Å². The number of hydrogen-bond acceptors (Lipinski definition) is 10. The molecule has 3 rings (SSSR count). The van der Waals surface area contributed by atoms with Crippen LogP contribution in [0.15, 0.2) is 29.1 Å². The zero-order valence-corrected chi connectivity index (χ0v) is 25.6. The van der Waals surface area contributed by atoms with Crippen LogP contribution in [-0.2, 0) is 32.0 Å². The van der Waals surface area contributed by atoms with E-state index < -0.39 is 17.7 Å². The quantitative estimate of drug-likeness (QED) is 0.259. The van der Waals surface area contributed by atoms with Gasteiger partial charge in [-0.15, -0.1) is 11.3 Å². The SMILES string of the molecule is CCOC(=O)CNC(=O)N(CCCN1CCOCC1)Cc1ccc(C(=O)Cc2cscc2NC(=O)OC(C)(C)C)nc1. The molecule has 0 aliphatic carbocycles. The Labute approximate surface area is 250 Å². The summed E-state index contributed by atoms with van der Waals surface area (Å²) in [5.41, 5.74) is 1.58. The molecule has 0 bridgehead atoms. The molecule has 0 atom stereocenters. The highest BCUT2D eigenvalue weighted by atomic mass is 32.1. The Morgan fingerprint density at radius 3 is 2.57 bits per heavy atom. The number of esters is 1. The predicted octanol–water partition coefficient (Wildman–Crippen LogP) is 3.71. The van der Waals surface area contributed by atoms with Gasteiger partial charge in [-0.3, -0.25) is 24.8 Å². The largest absolute Gasteiger partial charge is 0.465 e. The second-order valence-electron chi connectivity index (χ2n) is 10.8. The minimum Gasteiger partial charge on any atom is -0.465 e. The smallest absolute Gasteiger partial charge is 0.412 e. The molecule has 230 valence electrons. The van der Waals surface area contributed by atoms with Gasteiger partial charge in [0.15, 0.2) is 5.78 Å². The first kappa shape index (κ1) is 33.0. The Hall–Kier alpha value is -3.55. The lowest BCUT2D eigenvalue weighted by molar-refractivity contribution is -0.141. The summed E-state index contributed by atoms with van der Waals surface area (Å²) >= 11 is 1.37. The van der Waals surface area contributed by atoms with Crippen LogP contribution in [0.3, 0.4) is 0 Å². The molecule has 1 aliphatic heterocycles. The predicted molar refractivity (Wildman–Crippen MR) is 159 cm³/mol. The van der Waals surface area contributed by atoms with Gasteiger partial charge in [0.05, 0.1) is 25.5 Å². The number of ether oxygens (including phenoxy) is 3. The fourth-order valence-electron chi connectivity index (χ4n) is 4.18. The average Bonchev–Trinajstić information content (AvgIpc) is 3.37. The van der Waals surface area contributed by atoms with Crippen LogP contribution in [0.25, 0.3) is 0 Å². The van der Waals surface area contributed by atoms with Gasteiger partial charge in [-0.1, -0.05) is 6.07 Å². The fraction of sp³-hybridized carbons (Fsp3) is 0.552.